The zero-order chi connectivity index (χ0) is 16.4. The number of hydrogen-bond donors (Lipinski definition) is 2. The third kappa shape index (κ3) is 3.91. The number of anilines is 3. The van der Waals surface area contributed by atoms with Crippen LogP contribution in [0.25, 0.3) is 0 Å². The average Bonchev–Trinajstić information content (AvgIpc) is 3.24. The molecule has 0 saturated heterocycles. The largest absolute Gasteiger partial charge is 0.457 e. The number of halogens is 1. The first kappa shape index (κ1) is 15.1. The Bertz CT molecular complexity index is 722. The van der Waals surface area contributed by atoms with Crippen molar-refractivity contribution in [3.8, 4) is 0 Å². The smallest absolute Gasteiger partial charge is 0.309 e. The summed E-state index contributed by atoms with van der Waals surface area (Å²) in [7, 11) is 0. The molecule has 3 rings (SSSR count). The quantitative estimate of drug-likeness (QED) is 0.813. The molecule has 2 atom stereocenters. The number of aromatic nitrogens is 3. The predicted octanol–water partition coefficient (Wildman–Crippen LogP) is 2.04. The molecule has 1 heterocycles. The number of benzene rings is 1. The molecule has 1 aliphatic rings. The van der Waals surface area contributed by atoms with E-state index in [0.717, 1.165) is 6.42 Å². The molecule has 0 aliphatic heterocycles. The van der Waals surface area contributed by atoms with E-state index in [9.17, 15) is 9.18 Å². The summed E-state index contributed by atoms with van der Waals surface area (Å²) in [6.07, 6.45) is 0.857. The number of rotatable bonds is 5. The summed E-state index contributed by atoms with van der Waals surface area (Å²) >= 11 is 0. The number of nitrogens with zero attached hydrogens (tertiary/aromatic N) is 3. The van der Waals surface area contributed by atoms with Crippen molar-refractivity contribution in [2.45, 2.75) is 20.0 Å². The number of esters is 1. The van der Waals surface area contributed by atoms with E-state index in [1.165, 1.54) is 12.1 Å². The predicted molar refractivity (Wildman–Crippen MR) is 81.0 cm³/mol. The van der Waals surface area contributed by atoms with Crippen LogP contribution < -0.4 is 11.1 Å². The first-order chi connectivity index (χ1) is 11.0. The van der Waals surface area contributed by atoms with Crippen LogP contribution in [0.1, 0.15) is 19.2 Å². The normalized spacial score (nSPS) is 19.2. The van der Waals surface area contributed by atoms with E-state index in [-0.39, 0.29) is 42.0 Å². The van der Waals surface area contributed by atoms with E-state index in [2.05, 4.69) is 20.3 Å². The first-order valence-corrected chi connectivity index (χ1v) is 7.21. The van der Waals surface area contributed by atoms with E-state index in [1.807, 2.05) is 6.92 Å². The van der Waals surface area contributed by atoms with Crippen LogP contribution in [0.5, 0.6) is 0 Å². The Morgan fingerprint density at radius 3 is 2.70 bits per heavy atom. The third-order valence-corrected chi connectivity index (χ3v) is 3.56. The van der Waals surface area contributed by atoms with Crippen molar-refractivity contribution in [2.24, 2.45) is 11.8 Å². The highest BCUT2D eigenvalue weighted by Crippen LogP contribution is 2.38. The second-order valence-electron chi connectivity index (χ2n) is 5.49. The van der Waals surface area contributed by atoms with Gasteiger partial charge in [0.05, 0.1) is 5.92 Å². The lowest BCUT2D eigenvalue weighted by molar-refractivity contribution is -0.147. The van der Waals surface area contributed by atoms with Crippen LogP contribution in [-0.4, -0.2) is 20.9 Å². The molecular weight excluding hydrogens is 301 g/mol. The van der Waals surface area contributed by atoms with Crippen molar-refractivity contribution in [1.82, 2.24) is 15.0 Å². The average molecular weight is 317 g/mol. The Kier molecular flexibility index (Phi) is 4.05. The molecule has 1 fully saturated rings. The second kappa shape index (κ2) is 6.15. The molecule has 0 bridgehead atoms. The topological polar surface area (TPSA) is 103 Å². The van der Waals surface area contributed by atoms with Gasteiger partial charge in [0.25, 0.3) is 0 Å². The standard InChI is InChI=1S/C15H16FN5O2/c1-8-6-11(8)13(22)23-7-12-19-14(17)21-15(20-12)18-10-4-2-9(16)3-5-10/h2-5,8,11H,6-7H2,1H3,(H3,17,18,19,20,21)/t8-,11-/m0/s1. The number of nitrogens with two attached hydrogens (primary N) is 1. The maximum absolute atomic E-state index is 12.9. The van der Waals surface area contributed by atoms with Gasteiger partial charge >= 0.3 is 5.97 Å². The van der Waals surface area contributed by atoms with Crippen LogP contribution in [0.4, 0.5) is 22.0 Å². The molecule has 0 spiro atoms. The summed E-state index contributed by atoms with van der Waals surface area (Å²) in [5.41, 5.74) is 6.24. The Hall–Kier alpha value is -2.77. The van der Waals surface area contributed by atoms with Gasteiger partial charge < -0.3 is 15.8 Å². The van der Waals surface area contributed by atoms with E-state index in [1.54, 1.807) is 12.1 Å². The Morgan fingerprint density at radius 2 is 2.04 bits per heavy atom. The lowest BCUT2D eigenvalue weighted by Crippen LogP contribution is -2.12. The van der Waals surface area contributed by atoms with Gasteiger partial charge in [-0.1, -0.05) is 6.92 Å². The van der Waals surface area contributed by atoms with Gasteiger partial charge in [-0.15, -0.1) is 0 Å². The molecule has 1 aliphatic carbocycles. The van der Waals surface area contributed by atoms with Crippen LogP contribution in [0.3, 0.4) is 0 Å². The van der Waals surface area contributed by atoms with E-state index in [0.29, 0.717) is 11.6 Å². The van der Waals surface area contributed by atoms with Crippen molar-refractivity contribution >= 4 is 23.6 Å². The third-order valence-electron chi connectivity index (χ3n) is 3.56. The van der Waals surface area contributed by atoms with Gasteiger partial charge in [0.2, 0.25) is 11.9 Å². The van der Waals surface area contributed by atoms with Crippen molar-refractivity contribution in [3.05, 3.63) is 35.9 Å². The summed E-state index contributed by atoms with van der Waals surface area (Å²) in [6.45, 7) is 1.93. The molecule has 3 N–H and O–H groups in total. The number of hydrogen-bond acceptors (Lipinski definition) is 7. The monoisotopic (exact) mass is 317 g/mol. The molecule has 8 heteroatoms. The highest BCUT2D eigenvalue weighted by Gasteiger charge is 2.40. The SMILES string of the molecule is C[C@H]1C[C@@H]1C(=O)OCc1nc(N)nc(Nc2ccc(F)cc2)n1. The van der Waals surface area contributed by atoms with Gasteiger partial charge in [-0.25, -0.2) is 4.39 Å². The van der Waals surface area contributed by atoms with Gasteiger partial charge in [0, 0.05) is 5.69 Å². The molecule has 23 heavy (non-hydrogen) atoms. The molecule has 1 aromatic carbocycles. The van der Waals surface area contributed by atoms with Gasteiger partial charge in [0.15, 0.2) is 12.4 Å². The van der Waals surface area contributed by atoms with Gasteiger partial charge in [0.1, 0.15) is 5.82 Å². The van der Waals surface area contributed by atoms with E-state index >= 15 is 0 Å². The van der Waals surface area contributed by atoms with Gasteiger partial charge in [-0.2, -0.15) is 15.0 Å². The van der Waals surface area contributed by atoms with Crippen molar-refractivity contribution in [2.75, 3.05) is 11.1 Å². The zero-order valence-electron chi connectivity index (χ0n) is 12.5. The van der Waals surface area contributed by atoms with Crippen LogP contribution in [0, 0.1) is 17.7 Å². The molecule has 2 aromatic rings. The molecule has 0 unspecified atom stereocenters. The van der Waals surface area contributed by atoms with Crippen LogP contribution in [-0.2, 0) is 16.1 Å². The number of carbonyl (C=O) groups is 1. The summed E-state index contributed by atoms with van der Waals surface area (Å²) in [5, 5.41) is 2.89. The second-order valence-corrected chi connectivity index (χ2v) is 5.49. The highest BCUT2D eigenvalue weighted by atomic mass is 19.1. The van der Waals surface area contributed by atoms with Crippen LogP contribution >= 0.6 is 0 Å². The lowest BCUT2D eigenvalue weighted by atomic mass is 10.3. The summed E-state index contributed by atoms with van der Waals surface area (Å²) in [5.74, 6) is 0.235. The van der Waals surface area contributed by atoms with Crippen molar-refractivity contribution < 1.29 is 13.9 Å². The van der Waals surface area contributed by atoms with Crippen molar-refractivity contribution in [1.29, 1.82) is 0 Å². The number of carbonyl (C=O) groups excluding carboxylic acids is 1. The fourth-order valence-electron chi connectivity index (χ4n) is 2.11. The minimum Gasteiger partial charge on any atom is -0.457 e. The maximum atomic E-state index is 12.9. The Labute approximate surface area is 132 Å². The van der Waals surface area contributed by atoms with E-state index < -0.39 is 0 Å². The lowest BCUT2D eigenvalue weighted by Gasteiger charge is -2.08. The molecule has 120 valence electrons. The van der Waals surface area contributed by atoms with Crippen LogP contribution in [0.2, 0.25) is 0 Å². The highest BCUT2D eigenvalue weighted by molar-refractivity contribution is 5.75. The number of nitrogens with one attached hydrogen (secondary N) is 1. The molecular formula is C15H16FN5O2. The fourth-order valence-corrected chi connectivity index (χ4v) is 2.11. The van der Waals surface area contributed by atoms with E-state index in [4.69, 9.17) is 10.5 Å². The first-order valence-electron chi connectivity index (χ1n) is 7.21. The van der Waals surface area contributed by atoms with Crippen LogP contribution in [0.15, 0.2) is 24.3 Å². The fraction of sp³-hybridized carbons (Fsp3) is 0.333. The molecule has 0 radical (unpaired) electrons. The Morgan fingerprint density at radius 1 is 1.35 bits per heavy atom. The van der Waals surface area contributed by atoms with Gasteiger partial charge in [-0.05, 0) is 36.6 Å². The van der Waals surface area contributed by atoms with Crippen molar-refractivity contribution in [3.63, 3.8) is 0 Å². The molecule has 1 aromatic heterocycles. The molecule has 1 saturated carbocycles. The molecule has 0 amide bonds. The number of ether oxygens (including phenoxy) is 1. The summed E-state index contributed by atoms with van der Waals surface area (Å²) in [6, 6.07) is 5.71. The summed E-state index contributed by atoms with van der Waals surface area (Å²) in [4.78, 5) is 23.7. The molecule has 7 nitrogen and oxygen atoms in total. The minimum absolute atomic E-state index is 0.00968. The number of nitrogen functional groups attached to an aromatic ring is 1. The zero-order valence-corrected chi connectivity index (χ0v) is 12.5. The van der Waals surface area contributed by atoms with Gasteiger partial charge in [-0.3, -0.25) is 4.79 Å². The maximum Gasteiger partial charge on any atom is 0.309 e. The minimum atomic E-state index is -0.340. The Balaban J connectivity index is 1.66. The summed E-state index contributed by atoms with van der Waals surface area (Å²) < 4.78 is 18.1.